The van der Waals surface area contributed by atoms with Gasteiger partial charge in [-0.1, -0.05) is 30.4 Å². The minimum absolute atomic E-state index is 0.198. The average molecular weight is 224 g/mol. The molecule has 0 bridgehead atoms. The minimum atomic E-state index is 0.198. The Morgan fingerprint density at radius 3 is 2.88 bits per heavy atom. The summed E-state index contributed by atoms with van der Waals surface area (Å²) in [6.07, 6.45) is 7.96. The van der Waals surface area contributed by atoms with Crippen molar-refractivity contribution in [2.45, 2.75) is 0 Å². The second kappa shape index (κ2) is 3.94. The fourth-order valence-electron chi connectivity index (χ4n) is 1.93. The first-order valence-electron chi connectivity index (χ1n) is 5.52. The van der Waals surface area contributed by atoms with Gasteiger partial charge >= 0.3 is 0 Å². The lowest BCUT2D eigenvalue weighted by molar-refractivity contribution is 0.533. The molecule has 2 aromatic rings. The molecule has 1 aliphatic rings. The van der Waals surface area contributed by atoms with Gasteiger partial charge in [0, 0.05) is 18.1 Å². The van der Waals surface area contributed by atoms with E-state index < -0.39 is 0 Å². The number of para-hydroxylation sites is 1. The Morgan fingerprint density at radius 2 is 2.06 bits per heavy atom. The van der Waals surface area contributed by atoms with Crippen molar-refractivity contribution in [3.63, 3.8) is 0 Å². The van der Waals surface area contributed by atoms with Crippen LogP contribution in [-0.4, -0.2) is 6.54 Å². The van der Waals surface area contributed by atoms with Gasteiger partial charge in [0.2, 0.25) is 5.55 Å². The summed E-state index contributed by atoms with van der Waals surface area (Å²) in [6.45, 7) is 0.774. The van der Waals surface area contributed by atoms with Crippen molar-refractivity contribution < 1.29 is 4.42 Å². The van der Waals surface area contributed by atoms with E-state index in [0.29, 0.717) is 0 Å². The summed E-state index contributed by atoms with van der Waals surface area (Å²) in [7, 11) is 0. The van der Waals surface area contributed by atoms with Gasteiger partial charge in [-0.3, -0.25) is 5.41 Å². The molecular weight excluding hydrogens is 212 g/mol. The monoisotopic (exact) mass is 224 g/mol. The highest BCUT2D eigenvalue weighted by Gasteiger charge is 2.08. The van der Waals surface area contributed by atoms with Crippen molar-refractivity contribution in [3.8, 4) is 0 Å². The zero-order valence-corrected chi connectivity index (χ0v) is 9.26. The summed E-state index contributed by atoms with van der Waals surface area (Å²) in [5.41, 5.74) is 1.74. The van der Waals surface area contributed by atoms with Gasteiger partial charge in [-0.2, -0.15) is 0 Å². The number of rotatable bonds is 1. The number of nitrogens with one attached hydrogen (secondary N) is 1. The van der Waals surface area contributed by atoms with Crippen LogP contribution < -0.4 is 10.5 Å². The van der Waals surface area contributed by atoms with Gasteiger partial charge in [-0.25, -0.2) is 0 Å². The Hall–Kier alpha value is -2.29. The second-order valence-electron chi connectivity index (χ2n) is 3.92. The maximum atomic E-state index is 7.92. The summed E-state index contributed by atoms with van der Waals surface area (Å²) < 4.78 is 5.51. The summed E-state index contributed by atoms with van der Waals surface area (Å²) in [6, 6.07) is 9.74. The highest BCUT2D eigenvalue weighted by molar-refractivity contribution is 5.79. The number of nitrogens with zero attached hydrogens (tertiary/aromatic N) is 1. The molecule has 0 aliphatic carbocycles. The van der Waals surface area contributed by atoms with Gasteiger partial charge in [0.15, 0.2) is 0 Å². The van der Waals surface area contributed by atoms with Crippen LogP contribution in [0.5, 0.6) is 0 Å². The molecule has 0 spiro atoms. The third-order valence-corrected chi connectivity index (χ3v) is 2.78. The largest absolute Gasteiger partial charge is 0.437 e. The molecule has 0 saturated heterocycles. The third-order valence-electron chi connectivity index (χ3n) is 2.78. The maximum Gasteiger partial charge on any atom is 0.236 e. The summed E-state index contributed by atoms with van der Waals surface area (Å²) in [4.78, 5) is 2.00. The molecule has 17 heavy (non-hydrogen) atoms. The zero-order chi connectivity index (χ0) is 11.7. The van der Waals surface area contributed by atoms with Crippen LogP contribution in [0.2, 0.25) is 0 Å². The number of anilines is 1. The van der Waals surface area contributed by atoms with Crippen molar-refractivity contribution in [1.29, 1.82) is 5.41 Å². The van der Waals surface area contributed by atoms with E-state index >= 15 is 0 Å². The van der Waals surface area contributed by atoms with Crippen LogP contribution in [0, 0.1) is 5.41 Å². The molecule has 0 fully saturated rings. The van der Waals surface area contributed by atoms with E-state index in [1.807, 2.05) is 53.6 Å². The first kappa shape index (κ1) is 9.90. The Kier molecular flexibility index (Phi) is 2.29. The Labute approximate surface area is 98.8 Å². The van der Waals surface area contributed by atoms with Crippen LogP contribution in [0.1, 0.15) is 0 Å². The molecule has 1 N–H and O–H groups in total. The third kappa shape index (κ3) is 1.76. The van der Waals surface area contributed by atoms with Crippen LogP contribution in [0.15, 0.2) is 59.2 Å². The first-order chi connectivity index (χ1) is 8.34. The lowest BCUT2D eigenvalue weighted by Crippen LogP contribution is -2.23. The summed E-state index contributed by atoms with van der Waals surface area (Å²) >= 11 is 0. The van der Waals surface area contributed by atoms with Gasteiger partial charge in [-0.15, -0.1) is 0 Å². The second-order valence-corrected chi connectivity index (χ2v) is 3.92. The number of hydrogen-bond acceptors (Lipinski definition) is 3. The Balaban J connectivity index is 2.16. The van der Waals surface area contributed by atoms with E-state index in [4.69, 9.17) is 9.83 Å². The summed E-state index contributed by atoms with van der Waals surface area (Å²) in [5.74, 6) is 0. The molecule has 84 valence electrons. The van der Waals surface area contributed by atoms with Gasteiger partial charge in [0.1, 0.15) is 11.3 Å². The Bertz CT molecular complexity index is 667. The Morgan fingerprint density at radius 1 is 1.18 bits per heavy atom. The predicted molar refractivity (Wildman–Crippen MR) is 67.7 cm³/mol. The van der Waals surface area contributed by atoms with Crippen LogP contribution in [0.25, 0.3) is 11.0 Å². The molecule has 3 heteroatoms. The van der Waals surface area contributed by atoms with Crippen LogP contribution in [0.4, 0.5) is 5.69 Å². The van der Waals surface area contributed by atoms with E-state index in [0.717, 1.165) is 23.2 Å². The van der Waals surface area contributed by atoms with Crippen molar-refractivity contribution in [2.24, 2.45) is 0 Å². The predicted octanol–water partition coefficient (Wildman–Crippen LogP) is 2.80. The molecule has 1 aromatic carbocycles. The average Bonchev–Trinajstić information content (AvgIpc) is 2.39. The molecular formula is C14H12N2O. The molecule has 2 heterocycles. The quantitative estimate of drug-likeness (QED) is 0.809. The first-order valence-corrected chi connectivity index (χ1v) is 5.52. The van der Waals surface area contributed by atoms with Crippen LogP contribution in [0.3, 0.4) is 0 Å². The molecule has 0 radical (unpaired) electrons. The smallest absolute Gasteiger partial charge is 0.236 e. The molecule has 1 aliphatic heterocycles. The molecule has 0 amide bonds. The van der Waals surface area contributed by atoms with Crippen molar-refractivity contribution >= 4 is 16.7 Å². The minimum Gasteiger partial charge on any atom is -0.437 e. The topological polar surface area (TPSA) is 40.2 Å². The van der Waals surface area contributed by atoms with E-state index in [9.17, 15) is 0 Å². The number of allylic oxidation sites excluding steroid dienone is 2. The van der Waals surface area contributed by atoms with Gasteiger partial charge in [0.25, 0.3) is 0 Å². The van der Waals surface area contributed by atoms with Crippen LogP contribution in [-0.2, 0) is 0 Å². The lowest BCUT2D eigenvalue weighted by Gasteiger charge is -2.20. The summed E-state index contributed by atoms with van der Waals surface area (Å²) in [5, 5.41) is 8.94. The highest BCUT2D eigenvalue weighted by atomic mass is 16.3. The molecule has 3 rings (SSSR count). The normalized spacial score (nSPS) is 14.5. The van der Waals surface area contributed by atoms with Gasteiger partial charge in [-0.05, 0) is 18.2 Å². The van der Waals surface area contributed by atoms with Crippen LogP contribution >= 0.6 is 0 Å². The van der Waals surface area contributed by atoms with Gasteiger partial charge < -0.3 is 9.32 Å². The number of fused-ring (bicyclic) bond motifs is 1. The lowest BCUT2D eigenvalue weighted by atomic mass is 10.2. The molecule has 0 unspecified atom stereocenters. The molecule has 0 saturated carbocycles. The zero-order valence-electron chi connectivity index (χ0n) is 9.26. The van der Waals surface area contributed by atoms with Crippen molar-refractivity contribution in [2.75, 3.05) is 11.4 Å². The maximum absolute atomic E-state index is 7.92. The van der Waals surface area contributed by atoms with E-state index in [1.54, 1.807) is 0 Å². The molecule has 3 nitrogen and oxygen atoms in total. The number of benzene rings is 1. The van der Waals surface area contributed by atoms with Crippen molar-refractivity contribution in [1.82, 2.24) is 0 Å². The van der Waals surface area contributed by atoms with E-state index in [1.165, 1.54) is 0 Å². The fraction of sp³-hybridized carbons (Fsp3) is 0.0714. The van der Waals surface area contributed by atoms with E-state index in [2.05, 4.69) is 6.08 Å². The van der Waals surface area contributed by atoms with E-state index in [-0.39, 0.29) is 5.55 Å². The standard InChI is InChI=1S/C14H12N2O/c15-14-12(16-8-4-1-5-9-16)10-11-6-2-3-7-13(11)17-14/h1-8,10,15H,9H2. The van der Waals surface area contributed by atoms with Gasteiger partial charge in [0.05, 0.1) is 0 Å². The van der Waals surface area contributed by atoms with Crippen molar-refractivity contribution in [3.05, 3.63) is 60.3 Å². The molecule has 0 atom stereocenters. The SMILES string of the molecule is N=c1oc2ccccc2cc1N1C=CC=CC1. The fourth-order valence-corrected chi connectivity index (χ4v) is 1.93. The highest BCUT2D eigenvalue weighted by Crippen LogP contribution is 2.19. The number of hydrogen-bond donors (Lipinski definition) is 1. The molecule has 1 aromatic heterocycles.